The molecule has 6 heteroatoms. The fourth-order valence-electron chi connectivity index (χ4n) is 1.10. The normalized spacial score (nSPS) is 10.5. The number of anilines is 1. The number of hydrogen-bond acceptors (Lipinski definition) is 2. The van der Waals surface area contributed by atoms with E-state index in [1.165, 1.54) is 6.07 Å². The zero-order valence-electron chi connectivity index (χ0n) is 8.83. The molecule has 1 rings (SSSR count). The molecular formula is C11H9Cl2NO3. The molecule has 0 bridgehead atoms. The molecular weight excluding hydrogens is 265 g/mol. The molecule has 0 unspecified atom stereocenters. The van der Waals surface area contributed by atoms with Crippen LogP contribution in [0.15, 0.2) is 24.3 Å². The van der Waals surface area contributed by atoms with Gasteiger partial charge in [-0.05, 0) is 24.6 Å². The fourth-order valence-corrected chi connectivity index (χ4v) is 1.48. The molecule has 0 aliphatic carbocycles. The Morgan fingerprint density at radius 1 is 1.24 bits per heavy atom. The summed E-state index contributed by atoms with van der Waals surface area (Å²) < 4.78 is 0. The third kappa shape index (κ3) is 4.09. The topological polar surface area (TPSA) is 66.4 Å². The molecule has 1 amide bonds. The Morgan fingerprint density at radius 2 is 1.82 bits per heavy atom. The van der Waals surface area contributed by atoms with Crippen molar-refractivity contribution in [3.8, 4) is 0 Å². The van der Waals surface area contributed by atoms with E-state index in [0.29, 0.717) is 15.7 Å². The van der Waals surface area contributed by atoms with Gasteiger partial charge in [0.1, 0.15) is 0 Å². The van der Waals surface area contributed by atoms with Gasteiger partial charge in [0.05, 0.1) is 10.0 Å². The first-order valence-electron chi connectivity index (χ1n) is 4.58. The Balaban J connectivity index is 2.85. The number of aryl methyl sites for hydroxylation is 1. The van der Waals surface area contributed by atoms with E-state index in [1.807, 2.05) is 0 Å². The van der Waals surface area contributed by atoms with Crippen molar-refractivity contribution in [1.29, 1.82) is 0 Å². The number of halogens is 2. The van der Waals surface area contributed by atoms with Crippen molar-refractivity contribution >= 4 is 40.8 Å². The molecule has 0 radical (unpaired) electrons. The zero-order valence-corrected chi connectivity index (χ0v) is 10.3. The van der Waals surface area contributed by atoms with Crippen molar-refractivity contribution < 1.29 is 14.7 Å². The van der Waals surface area contributed by atoms with Crippen LogP contribution in [0.1, 0.15) is 5.56 Å². The number of nitrogens with one attached hydrogen (secondary N) is 1. The van der Waals surface area contributed by atoms with Crippen molar-refractivity contribution in [3.05, 3.63) is 39.9 Å². The highest BCUT2D eigenvalue weighted by atomic mass is 35.5. The molecule has 0 saturated heterocycles. The maximum Gasteiger partial charge on any atom is 0.328 e. The maximum atomic E-state index is 11.3. The summed E-state index contributed by atoms with van der Waals surface area (Å²) in [7, 11) is 0. The Hall–Kier alpha value is -1.52. The van der Waals surface area contributed by atoms with E-state index in [-0.39, 0.29) is 0 Å². The van der Waals surface area contributed by atoms with Crippen LogP contribution in [0.5, 0.6) is 0 Å². The predicted octanol–water partition coefficient (Wildman–Crippen LogP) is 2.88. The molecule has 0 saturated carbocycles. The first kappa shape index (κ1) is 13.5. The number of rotatable bonds is 3. The quantitative estimate of drug-likeness (QED) is 0.833. The van der Waals surface area contributed by atoms with Crippen LogP contribution in [0.4, 0.5) is 5.69 Å². The van der Waals surface area contributed by atoms with E-state index in [9.17, 15) is 9.59 Å². The molecule has 1 aromatic carbocycles. The van der Waals surface area contributed by atoms with Crippen LogP contribution in [0, 0.1) is 6.92 Å². The van der Waals surface area contributed by atoms with Gasteiger partial charge in [-0.3, -0.25) is 4.79 Å². The van der Waals surface area contributed by atoms with Gasteiger partial charge < -0.3 is 10.4 Å². The Bertz CT molecular complexity index is 498. The van der Waals surface area contributed by atoms with Crippen LogP contribution in [0.2, 0.25) is 10.0 Å². The Morgan fingerprint density at radius 3 is 2.41 bits per heavy atom. The molecule has 0 atom stereocenters. The van der Waals surface area contributed by atoms with Crippen molar-refractivity contribution in [2.24, 2.45) is 0 Å². The van der Waals surface area contributed by atoms with Crippen molar-refractivity contribution in [2.75, 3.05) is 5.32 Å². The Labute approximate surface area is 108 Å². The van der Waals surface area contributed by atoms with E-state index in [1.54, 1.807) is 13.0 Å². The highest BCUT2D eigenvalue weighted by Gasteiger charge is 2.06. The number of benzene rings is 1. The number of carboxylic acid groups (broad SMARTS) is 1. The summed E-state index contributed by atoms with van der Waals surface area (Å²) >= 11 is 11.6. The molecule has 0 aliphatic heterocycles. The van der Waals surface area contributed by atoms with Crippen molar-refractivity contribution in [3.63, 3.8) is 0 Å². The Kier molecular flexibility index (Phi) is 4.54. The van der Waals surface area contributed by atoms with Gasteiger partial charge in [-0.25, -0.2) is 4.79 Å². The number of hydrogen-bond donors (Lipinski definition) is 2. The minimum Gasteiger partial charge on any atom is -0.478 e. The van der Waals surface area contributed by atoms with Crippen molar-refractivity contribution in [1.82, 2.24) is 0 Å². The molecule has 90 valence electrons. The first-order valence-corrected chi connectivity index (χ1v) is 5.33. The minimum atomic E-state index is -1.19. The van der Waals surface area contributed by atoms with Crippen LogP contribution in [0.25, 0.3) is 0 Å². The smallest absolute Gasteiger partial charge is 0.328 e. The molecule has 0 aliphatic rings. The van der Waals surface area contributed by atoms with Gasteiger partial charge in [-0.2, -0.15) is 0 Å². The summed E-state index contributed by atoms with van der Waals surface area (Å²) in [5, 5.41) is 11.6. The van der Waals surface area contributed by atoms with Crippen LogP contribution in [-0.2, 0) is 9.59 Å². The van der Waals surface area contributed by atoms with Gasteiger partial charge in [0.15, 0.2) is 0 Å². The van der Waals surface area contributed by atoms with Crippen molar-refractivity contribution in [2.45, 2.75) is 6.92 Å². The highest BCUT2D eigenvalue weighted by Crippen LogP contribution is 2.28. The lowest BCUT2D eigenvalue weighted by Crippen LogP contribution is -2.09. The van der Waals surface area contributed by atoms with E-state index >= 15 is 0 Å². The van der Waals surface area contributed by atoms with Crippen LogP contribution >= 0.6 is 23.2 Å². The molecule has 0 spiro atoms. The number of carbonyl (C=O) groups excluding carboxylic acids is 1. The summed E-state index contributed by atoms with van der Waals surface area (Å²) in [6, 6.07) is 3.12. The lowest BCUT2D eigenvalue weighted by molar-refractivity contribution is -0.131. The number of amides is 1. The van der Waals surface area contributed by atoms with Gasteiger partial charge in [0.25, 0.3) is 0 Å². The van der Waals surface area contributed by atoms with E-state index < -0.39 is 11.9 Å². The molecule has 0 heterocycles. The van der Waals surface area contributed by atoms with Gasteiger partial charge in [-0.15, -0.1) is 0 Å². The molecule has 4 nitrogen and oxygen atoms in total. The molecule has 0 aromatic heterocycles. The van der Waals surface area contributed by atoms with Crippen LogP contribution in [0.3, 0.4) is 0 Å². The van der Waals surface area contributed by atoms with E-state index in [4.69, 9.17) is 28.3 Å². The molecule has 2 N–H and O–H groups in total. The third-order valence-corrected chi connectivity index (χ3v) is 2.62. The lowest BCUT2D eigenvalue weighted by atomic mass is 10.2. The summed E-state index contributed by atoms with van der Waals surface area (Å²) in [5.74, 6) is -1.74. The predicted molar refractivity (Wildman–Crippen MR) is 66.6 cm³/mol. The molecule has 0 fully saturated rings. The standard InChI is InChI=1S/C11H9Cl2NO3/c1-6-4-7(12)8(13)5-9(6)14-10(15)2-3-11(16)17/h2-5H,1H3,(H,14,15)(H,16,17)/b3-2+. The third-order valence-electron chi connectivity index (χ3n) is 1.90. The SMILES string of the molecule is Cc1cc(Cl)c(Cl)cc1NC(=O)/C=C/C(=O)O. The van der Waals surface area contributed by atoms with Crippen LogP contribution < -0.4 is 5.32 Å². The monoisotopic (exact) mass is 273 g/mol. The summed E-state index contributed by atoms with van der Waals surface area (Å²) in [4.78, 5) is 21.5. The number of aliphatic carboxylic acids is 1. The van der Waals surface area contributed by atoms with E-state index in [0.717, 1.165) is 17.7 Å². The summed E-state index contributed by atoms with van der Waals surface area (Å²) in [6.07, 6.45) is 1.67. The minimum absolute atomic E-state index is 0.315. The number of carboxylic acids is 1. The van der Waals surface area contributed by atoms with Gasteiger partial charge >= 0.3 is 5.97 Å². The zero-order chi connectivity index (χ0) is 13.0. The molecule has 17 heavy (non-hydrogen) atoms. The largest absolute Gasteiger partial charge is 0.478 e. The first-order chi connectivity index (χ1) is 7.90. The van der Waals surface area contributed by atoms with Crippen LogP contribution in [-0.4, -0.2) is 17.0 Å². The molecule has 1 aromatic rings. The summed E-state index contributed by atoms with van der Waals surface area (Å²) in [6.45, 7) is 1.75. The van der Waals surface area contributed by atoms with Gasteiger partial charge in [0.2, 0.25) is 5.91 Å². The average Bonchev–Trinajstić information content (AvgIpc) is 2.23. The summed E-state index contributed by atoms with van der Waals surface area (Å²) in [5.41, 5.74) is 1.22. The van der Waals surface area contributed by atoms with E-state index in [2.05, 4.69) is 5.32 Å². The second-order valence-corrected chi connectivity index (χ2v) is 4.06. The highest BCUT2D eigenvalue weighted by molar-refractivity contribution is 6.42. The number of carbonyl (C=O) groups is 2. The van der Waals surface area contributed by atoms with Gasteiger partial charge in [-0.1, -0.05) is 23.2 Å². The van der Waals surface area contributed by atoms with Gasteiger partial charge in [0, 0.05) is 17.8 Å². The average molecular weight is 274 g/mol. The maximum absolute atomic E-state index is 11.3. The lowest BCUT2D eigenvalue weighted by Gasteiger charge is -2.07. The fraction of sp³-hybridized carbons (Fsp3) is 0.0909. The second-order valence-electron chi connectivity index (χ2n) is 3.24. The second kappa shape index (κ2) is 5.70.